The van der Waals surface area contributed by atoms with E-state index in [4.69, 9.17) is 0 Å². The average Bonchev–Trinajstić information content (AvgIpc) is 3.00. The lowest BCUT2D eigenvalue weighted by atomic mass is 9.87. The van der Waals surface area contributed by atoms with E-state index < -0.39 is 0 Å². The second kappa shape index (κ2) is 4.98. The standard InChI is InChI=1S/C15H21FN2/c16-14-3-1-13(2-4-14)5-9-18-10-7-15(12-18)6-8-17-11-15/h1-4,17H,5-12H2. The van der Waals surface area contributed by atoms with Crippen LogP contribution < -0.4 is 5.32 Å². The van der Waals surface area contributed by atoms with E-state index in [1.165, 1.54) is 44.6 Å². The van der Waals surface area contributed by atoms with E-state index in [-0.39, 0.29) is 5.82 Å². The third kappa shape index (κ3) is 2.57. The molecule has 98 valence electrons. The molecular formula is C15H21FN2. The molecule has 2 saturated heterocycles. The monoisotopic (exact) mass is 248 g/mol. The molecule has 1 N–H and O–H groups in total. The molecule has 0 aromatic heterocycles. The number of rotatable bonds is 3. The van der Waals surface area contributed by atoms with E-state index in [1.807, 2.05) is 12.1 Å². The summed E-state index contributed by atoms with van der Waals surface area (Å²) in [4.78, 5) is 2.57. The molecule has 18 heavy (non-hydrogen) atoms. The van der Waals surface area contributed by atoms with E-state index in [2.05, 4.69) is 10.2 Å². The molecule has 3 rings (SSSR count). The summed E-state index contributed by atoms with van der Waals surface area (Å²) in [5, 5.41) is 3.49. The molecule has 1 spiro atoms. The fourth-order valence-electron chi connectivity index (χ4n) is 3.30. The van der Waals surface area contributed by atoms with Crippen molar-refractivity contribution in [3.8, 4) is 0 Å². The van der Waals surface area contributed by atoms with Crippen molar-refractivity contribution in [2.75, 3.05) is 32.7 Å². The van der Waals surface area contributed by atoms with Crippen LogP contribution in [-0.2, 0) is 6.42 Å². The van der Waals surface area contributed by atoms with Gasteiger partial charge >= 0.3 is 0 Å². The van der Waals surface area contributed by atoms with Crippen molar-refractivity contribution in [3.63, 3.8) is 0 Å². The normalized spacial score (nSPS) is 28.3. The molecule has 0 amide bonds. The van der Waals surface area contributed by atoms with Gasteiger partial charge in [0.05, 0.1) is 0 Å². The Hall–Kier alpha value is -0.930. The van der Waals surface area contributed by atoms with Crippen molar-refractivity contribution in [2.24, 2.45) is 5.41 Å². The van der Waals surface area contributed by atoms with Crippen LogP contribution in [0.4, 0.5) is 4.39 Å². The van der Waals surface area contributed by atoms with Gasteiger partial charge in [-0.3, -0.25) is 0 Å². The lowest BCUT2D eigenvalue weighted by Gasteiger charge is -2.22. The highest BCUT2D eigenvalue weighted by Gasteiger charge is 2.39. The lowest BCUT2D eigenvalue weighted by Crippen LogP contribution is -2.30. The van der Waals surface area contributed by atoms with Gasteiger partial charge in [0.15, 0.2) is 0 Å². The molecule has 0 radical (unpaired) electrons. The maximum atomic E-state index is 12.8. The SMILES string of the molecule is Fc1ccc(CCN2CCC3(CCNC3)C2)cc1. The first-order chi connectivity index (χ1) is 8.76. The van der Waals surface area contributed by atoms with Gasteiger partial charge in [-0.05, 0) is 55.5 Å². The highest BCUT2D eigenvalue weighted by atomic mass is 19.1. The Morgan fingerprint density at radius 1 is 1.22 bits per heavy atom. The number of nitrogens with zero attached hydrogens (tertiary/aromatic N) is 1. The quantitative estimate of drug-likeness (QED) is 0.881. The predicted molar refractivity (Wildman–Crippen MR) is 71.1 cm³/mol. The van der Waals surface area contributed by atoms with E-state index >= 15 is 0 Å². The molecule has 0 aliphatic carbocycles. The minimum atomic E-state index is -0.143. The molecule has 2 nitrogen and oxygen atoms in total. The summed E-state index contributed by atoms with van der Waals surface area (Å²) in [7, 11) is 0. The van der Waals surface area contributed by atoms with Crippen LogP contribution in [0.15, 0.2) is 24.3 Å². The molecule has 2 fully saturated rings. The fraction of sp³-hybridized carbons (Fsp3) is 0.600. The summed E-state index contributed by atoms with van der Waals surface area (Å²) in [6, 6.07) is 6.92. The number of likely N-dealkylation sites (tertiary alicyclic amines) is 1. The van der Waals surface area contributed by atoms with Gasteiger partial charge in [0, 0.05) is 19.6 Å². The Morgan fingerprint density at radius 3 is 2.78 bits per heavy atom. The van der Waals surface area contributed by atoms with Gasteiger partial charge in [0.2, 0.25) is 0 Å². The van der Waals surface area contributed by atoms with Crippen LogP contribution >= 0.6 is 0 Å². The van der Waals surface area contributed by atoms with Gasteiger partial charge in [0.25, 0.3) is 0 Å². The molecule has 1 aromatic carbocycles. The number of hydrogen-bond donors (Lipinski definition) is 1. The summed E-state index contributed by atoms with van der Waals surface area (Å²) >= 11 is 0. The van der Waals surface area contributed by atoms with Crippen LogP contribution in [0.2, 0.25) is 0 Å². The zero-order chi connectivity index (χ0) is 12.4. The van der Waals surface area contributed by atoms with Crippen LogP contribution in [0, 0.1) is 11.2 Å². The molecule has 3 heteroatoms. The Bertz CT molecular complexity index is 395. The van der Waals surface area contributed by atoms with Crippen molar-refractivity contribution < 1.29 is 4.39 Å². The Morgan fingerprint density at radius 2 is 2.06 bits per heavy atom. The van der Waals surface area contributed by atoms with E-state index in [0.717, 1.165) is 13.0 Å². The van der Waals surface area contributed by atoms with Crippen molar-refractivity contribution >= 4 is 0 Å². The second-order valence-electron chi connectivity index (χ2n) is 5.83. The van der Waals surface area contributed by atoms with Crippen LogP contribution in [-0.4, -0.2) is 37.6 Å². The van der Waals surface area contributed by atoms with Crippen molar-refractivity contribution in [3.05, 3.63) is 35.6 Å². The summed E-state index contributed by atoms with van der Waals surface area (Å²) in [5.74, 6) is -0.143. The first-order valence-electron chi connectivity index (χ1n) is 6.93. The van der Waals surface area contributed by atoms with Crippen molar-refractivity contribution in [2.45, 2.75) is 19.3 Å². The van der Waals surface area contributed by atoms with Crippen molar-refractivity contribution in [1.82, 2.24) is 10.2 Å². The number of benzene rings is 1. The molecule has 1 unspecified atom stereocenters. The largest absolute Gasteiger partial charge is 0.316 e. The zero-order valence-corrected chi connectivity index (χ0v) is 10.8. The molecule has 0 bridgehead atoms. The van der Waals surface area contributed by atoms with E-state index in [0.29, 0.717) is 5.41 Å². The highest BCUT2D eigenvalue weighted by Crippen LogP contribution is 2.35. The minimum absolute atomic E-state index is 0.143. The van der Waals surface area contributed by atoms with Crippen LogP contribution in [0.25, 0.3) is 0 Å². The maximum Gasteiger partial charge on any atom is 0.123 e. The van der Waals surface area contributed by atoms with Gasteiger partial charge in [-0.25, -0.2) is 4.39 Å². The molecule has 0 saturated carbocycles. The maximum absolute atomic E-state index is 12.8. The Balaban J connectivity index is 1.51. The van der Waals surface area contributed by atoms with Crippen LogP contribution in [0.3, 0.4) is 0 Å². The third-order valence-electron chi connectivity index (χ3n) is 4.48. The number of halogens is 1. The molecule has 1 aromatic rings. The zero-order valence-electron chi connectivity index (χ0n) is 10.8. The second-order valence-corrected chi connectivity index (χ2v) is 5.83. The van der Waals surface area contributed by atoms with Crippen molar-refractivity contribution in [1.29, 1.82) is 0 Å². The summed E-state index contributed by atoms with van der Waals surface area (Å²) < 4.78 is 12.8. The molecule has 2 aliphatic rings. The van der Waals surface area contributed by atoms with Gasteiger partial charge in [0.1, 0.15) is 5.82 Å². The summed E-state index contributed by atoms with van der Waals surface area (Å²) in [6.07, 6.45) is 3.70. The van der Waals surface area contributed by atoms with Crippen LogP contribution in [0.5, 0.6) is 0 Å². The Labute approximate surface area is 108 Å². The Kier molecular flexibility index (Phi) is 3.35. The van der Waals surface area contributed by atoms with E-state index in [9.17, 15) is 4.39 Å². The topological polar surface area (TPSA) is 15.3 Å². The van der Waals surface area contributed by atoms with Gasteiger partial charge < -0.3 is 10.2 Å². The summed E-state index contributed by atoms with van der Waals surface area (Å²) in [6.45, 7) is 5.95. The van der Waals surface area contributed by atoms with Crippen LogP contribution in [0.1, 0.15) is 18.4 Å². The highest BCUT2D eigenvalue weighted by molar-refractivity contribution is 5.16. The lowest BCUT2D eigenvalue weighted by molar-refractivity contribution is 0.277. The first-order valence-corrected chi connectivity index (χ1v) is 6.93. The molecule has 2 heterocycles. The number of hydrogen-bond acceptors (Lipinski definition) is 2. The number of nitrogens with one attached hydrogen (secondary N) is 1. The molecular weight excluding hydrogens is 227 g/mol. The fourth-order valence-corrected chi connectivity index (χ4v) is 3.30. The summed E-state index contributed by atoms with van der Waals surface area (Å²) in [5.41, 5.74) is 1.80. The van der Waals surface area contributed by atoms with Gasteiger partial charge in [-0.15, -0.1) is 0 Å². The molecule has 1 atom stereocenters. The van der Waals surface area contributed by atoms with Gasteiger partial charge in [-0.1, -0.05) is 12.1 Å². The smallest absolute Gasteiger partial charge is 0.123 e. The van der Waals surface area contributed by atoms with Gasteiger partial charge in [-0.2, -0.15) is 0 Å². The van der Waals surface area contributed by atoms with E-state index in [1.54, 1.807) is 12.1 Å². The first kappa shape index (κ1) is 12.1. The molecule has 2 aliphatic heterocycles. The predicted octanol–water partition coefficient (Wildman–Crippen LogP) is 2.05. The minimum Gasteiger partial charge on any atom is -0.316 e. The third-order valence-corrected chi connectivity index (χ3v) is 4.48. The average molecular weight is 248 g/mol.